The summed E-state index contributed by atoms with van der Waals surface area (Å²) in [4.78, 5) is 34.6. The van der Waals surface area contributed by atoms with Crippen LogP contribution in [0.2, 0.25) is 0 Å². The van der Waals surface area contributed by atoms with E-state index in [0.29, 0.717) is 36.2 Å². The highest BCUT2D eigenvalue weighted by molar-refractivity contribution is 5.70. The molecular formula is C24H33N5O2. The van der Waals surface area contributed by atoms with Gasteiger partial charge in [0.1, 0.15) is 5.82 Å². The van der Waals surface area contributed by atoms with E-state index in [0.717, 1.165) is 25.2 Å². The van der Waals surface area contributed by atoms with Crippen molar-refractivity contribution in [3.63, 3.8) is 0 Å². The maximum atomic E-state index is 12.5. The average molecular weight is 424 g/mol. The number of rotatable bonds is 9. The van der Waals surface area contributed by atoms with Gasteiger partial charge < -0.3 is 4.57 Å². The van der Waals surface area contributed by atoms with E-state index >= 15 is 0 Å². The zero-order valence-corrected chi connectivity index (χ0v) is 19.0. The predicted octanol–water partition coefficient (Wildman–Crippen LogP) is 3.51. The smallest absolute Gasteiger partial charge is 0.324 e. The Hall–Kier alpha value is -2.67. The number of hydrogen-bond acceptors (Lipinski definition) is 4. The van der Waals surface area contributed by atoms with E-state index < -0.39 is 0 Å². The highest BCUT2D eigenvalue weighted by Gasteiger charge is 2.30. The second-order valence-electron chi connectivity index (χ2n) is 9.06. The van der Waals surface area contributed by atoms with Crippen molar-refractivity contribution in [2.75, 3.05) is 0 Å². The molecule has 1 aliphatic carbocycles. The third-order valence-electron chi connectivity index (χ3n) is 6.28. The number of imidazole rings is 1. The van der Waals surface area contributed by atoms with E-state index in [4.69, 9.17) is 4.98 Å². The van der Waals surface area contributed by atoms with Crippen LogP contribution in [0, 0.1) is 0 Å². The lowest BCUT2D eigenvalue weighted by atomic mass is 10.0. The first-order chi connectivity index (χ1) is 14.9. The summed E-state index contributed by atoms with van der Waals surface area (Å²) in [6.45, 7) is 8.57. The third-order valence-corrected chi connectivity index (χ3v) is 6.28. The lowest BCUT2D eigenvalue weighted by molar-refractivity contribution is 0.237. The lowest BCUT2D eigenvalue weighted by Gasteiger charge is -2.22. The molecule has 4 rings (SSSR count). The van der Waals surface area contributed by atoms with Gasteiger partial charge in [-0.15, -0.1) is 0 Å². The molecule has 1 saturated carbocycles. The fourth-order valence-electron chi connectivity index (χ4n) is 4.13. The number of benzene rings is 1. The van der Waals surface area contributed by atoms with Gasteiger partial charge in [0, 0.05) is 26.2 Å². The first-order valence-electron chi connectivity index (χ1n) is 11.4. The Morgan fingerprint density at radius 1 is 1.16 bits per heavy atom. The molecule has 31 heavy (non-hydrogen) atoms. The standard InChI is InChI=1S/C24H33N5O2/c1-5-6-13-29-22-21(23(30)26-24(29)31)27(4)20(25-22)15-28(19-11-12-19)14-17-7-9-18(10-8-17)16(2)3/h7-10,16,19H,5-6,11-15H2,1-4H3,(H,26,30,31). The number of unbranched alkanes of at least 4 members (excludes halogenated alkanes) is 1. The van der Waals surface area contributed by atoms with Gasteiger partial charge in [-0.1, -0.05) is 51.5 Å². The van der Waals surface area contributed by atoms with Crippen LogP contribution in [0.4, 0.5) is 0 Å². The number of hydrogen-bond donors (Lipinski definition) is 1. The van der Waals surface area contributed by atoms with Crippen molar-refractivity contribution in [2.45, 2.75) is 78.0 Å². The van der Waals surface area contributed by atoms with Crippen LogP contribution in [-0.4, -0.2) is 30.0 Å². The summed E-state index contributed by atoms with van der Waals surface area (Å²) in [6, 6.07) is 9.41. The zero-order valence-electron chi connectivity index (χ0n) is 19.0. The fraction of sp³-hybridized carbons (Fsp3) is 0.542. The Kier molecular flexibility index (Phi) is 6.14. The summed E-state index contributed by atoms with van der Waals surface area (Å²) >= 11 is 0. The molecule has 0 radical (unpaired) electrons. The number of aromatic amines is 1. The Morgan fingerprint density at radius 3 is 2.48 bits per heavy atom. The summed E-state index contributed by atoms with van der Waals surface area (Å²) in [6.07, 6.45) is 4.22. The molecule has 2 aromatic heterocycles. The van der Waals surface area contributed by atoms with Gasteiger partial charge in [0.25, 0.3) is 5.56 Å². The second kappa shape index (κ2) is 8.83. The SMILES string of the molecule is CCCCn1c(=O)[nH]c(=O)c2c1nc(CN(Cc1ccc(C(C)C)cc1)C1CC1)n2C. The summed E-state index contributed by atoms with van der Waals surface area (Å²) in [5.41, 5.74) is 2.87. The fourth-order valence-corrected chi connectivity index (χ4v) is 4.13. The highest BCUT2D eigenvalue weighted by atomic mass is 16.2. The molecule has 0 saturated heterocycles. The molecule has 0 spiro atoms. The van der Waals surface area contributed by atoms with Gasteiger partial charge in [-0.25, -0.2) is 9.78 Å². The topological polar surface area (TPSA) is 75.9 Å². The molecule has 0 aliphatic heterocycles. The van der Waals surface area contributed by atoms with Crippen molar-refractivity contribution in [3.8, 4) is 0 Å². The lowest BCUT2D eigenvalue weighted by Crippen LogP contribution is -2.31. The van der Waals surface area contributed by atoms with Crippen molar-refractivity contribution in [1.29, 1.82) is 0 Å². The number of nitrogens with one attached hydrogen (secondary N) is 1. The first-order valence-corrected chi connectivity index (χ1v) is 11.4. The number of aryl methyl sites for hydroxylation is 2. The number of H-pyrrole nitrogens is 1. The molecular weight excluding hydrogens is 390 g/mol. The van der Waals surface area contributed by atoms with Crippen molar-refractivity contribution in [3.05, 3.63) is 62.1 Å². The van der Waals surface area contributed by atoms with Gasteiger partial charge in [-0.2, -0.15) is 0 Å². The van der Waals surface area contributed by atoms with Gasteiger partial charge in [0.15, 0.2) is 11.2 Å². The van der Waals surface area contributed by atoms with Gasteiger partial charge >= 0.3 is 5.69 Å². The van der Waals surface area contributed by atoms with E-state index in [2.05, 4.69) is 54.9 Å². The predicted molar refractivity (Wildman–Crippen MR) is 123 cm³/mol. The molecule has 7 heteroatoms. The minimum absolute atomic E-state index is 0.365. The van der Waals surface area contributed by atoms with Gasteiger partial charge in [0.2, 0.25) is 0 Å². The molecule has 2 heterocycles. The van der Waals surface area contributed by atoms with E-state index in [1.165, 1.54) is 24.0 Å². The highest BCUT2D eigenvalue weighted by Crippen LogP contribution is 2.30. The van der Waals surface area contributed by atoms with Gasteiger partial charge in [-0.05, 0) is 36.3 Å². The van der Waals surface area contributed by atoms with E-state index in [1.807, 2.05) is 11.6 Å². The summed E-state index contributed by atoms with van der Waals surface area (Å²) in [5.74, 6) is 1.35. The summed E-state index contributed by atoms with van der Waals surface area (Å²) in [7, 11) is 1.87. The molecule has 0 bridgehead atoms. The molecule has 1 aliphatic rings. The molecule has 166 valence electrons. The van der Waals surface area contributed by atoms with Crippen molar-refractivity contribution in [1.82, 2.24) is 24.0 Å². The van der Waals surface area contributed by atoms with Crippen LogP contribution in [-0.2, 0) is 26.7 Å². The maximum Gasteiger partial charge on any atom is 0.330 e. The van der Waals surface area contributed by atoms with Crippen LogP contribution in [0.3, 0.4) is 0 Å². The largest absolute Gasteiger partial charge is 0.330 e. The minimum Gasteiger partial charge on any atom is -0.324 e. The quantitative estimate of drug-likeness (QED) is 0.571. The molecule has 7 nitrogen and oxygen atoms in total. The number of aromatic nitrogens is 4. The average Bonchev–Trinajstić information content (AvgIpc) is 3.52. The molecule has 1 fully saturated rings. The zero-order chi connectivity index (χ0) is 22.1. The molecule has 1 aromatic carbocycles. The van der Waals surface area contributed by atoms with Crippen LogP contribution < -0.4 is 11.2 Å². The van der Waals surface area contributed by atoms with Crippen molar-refractivity contribution in [2.24, 2.45) is 7.05 Å². The first kappa shape index (κ1) is 21.6. The van der Waals surface area contributed by atoms with E-state index in [9.17, 15) is 9.59 Å². The summed E-state index contributed by atoms with van der Waals surface area (Å²) in [5, 5.41) is 0. The van der Waals surface area contributed by atoms with Gasteiger partial charge in [0.05, 0.1) is 6.54 Å². The minimum atomic E-state index is -0.375. The third kappa shape index (κ3) is 4.51. The maximum absolute atomic E-state index is 12.5. The number of fused-ring (bicyclic) bond motifs is 1. The van der Waals surface area contributed by atoms with Crippen molar-refractivity contribution < 1.29 is 0 Å². The van der Waals surface area contributed by atoms with Crippen LogP contribution in [0.15, 0.2) is 33.9 Å². The van der Waals surface area contributed by atoms with Gasteiger partial charge in [-0.3, -0.25) is 19.2 Å². The molecule has 0 unspecified atom stereocenters. The summed E-state index contributed by atoms with van der Waals surface area (Å²) < 4.78 is 3.46. The Bertz CT molecular complexity index is 1170. The Balaban J connectivity index is 1.64. The molecule has 1 N–H and O–H groups in total. The van der Waals surface area contributed by atoms with E-state index in [-0.39, 0.29) is 11.2 Å². The van der Waals surface area contributed by atoms with Crippen LogP contribution in [0.5, 0.6) is 0 Å². The van der Waals surface area contributed by atoms with Crippen molar-refractivity contribution >= 4 is 11.2 Å². The van der Waals surface area contributed by atoms with Crippen LogP contribution in [0.1, 0.15) is 69.3 Å². The molecule has 0 amide bonds. The van der Waals surface area contributed by atoms with Crippen LogP contribution >= 0.6 is 0 Å². The Labute approximate surface area is 182 Å². The molecule has 3 aromatic rings. The van der Waals surface area contributed by atoms with Crippen LogP contribution in [0.25, 0.3) is 11.2 Å². The number of nitrogens with zero attached hydrogens (tertiary/aromatic N) is 4. The van der Waals surface area contributed by atoms with E-state index in [1.54, 1.807) is 4.57 Å². The second-order valence-corrected chi connectivity index (χ2v) is 9.06. The monoisotopic (exact) mass is 423 g/mol. The normalized spacial score (nSPS) is 14.3. The molecule has 0 atom stereocenters. The Morgan fingerprint density at radius 2 is 1.87 bits per heavy atom.